The third-order valence-corrected chi connectivity index (χ3v) is 6.15. The van der Waals surface area contributed by atoms with Gasteiger partial charge in [0.2, 0.25) is 0 Å². The molecule has 1 aromatic carbocycles. The van der Waals surface area contributed by atoms with Crippen LogP contribution in [0.4, 0.5) is 8.78 Å². The average Bonchev–Trinajstić information content (AvgIpc) is 3.35. The fourth-order valence-corrected chi connectivity index (χ4v) is 4.33. The average molecular weight is 492 g/mol. The molecule has 0 fully saturated rings. The summed E-state index contributed by atoms with van der Waals surface area (Å²) in [5, 5.41) is 9.84. The predicted molar refractivity (Wildman–Crippen MR) is 123 cm³/mol. The molecule has 0 saturated heterocycles. The van der Waals surface area contributed by atoms with Crippen LogP contribution in [-0.4, -0.2) is 35.4 Å². The number of thiazole rings is 1. The molecule has 3 aromatic heterocycles. The molecule has 0 spiro atoms. The summed E-state index contributed by atoms with van der Waals surface area (Å²) in [6.45, 7) is 2.66. The summed E-state index contributed by atoms with van der Waals surface area (Å²) in [5.74, 6) is -2.96. The number of aliphatic hydroxyl groups excluding tert-OH is 1. The Morgan fingerprint density at radius 3 is 2.65 bits per heavy atom. The number of hydrogen-bond donors (Lipinski definition) is 1. The Morgan fingerprint density at radius 2 is 2.00 bits per heavy atom. The van der Waals surface area contributed by atoms with E-state index in [1.54, 1.807) is 6.20 Å². The third-order valence-electron chi connectivity index (χ3n) is 5.25. The molecule has 180 valence electrons. The van der Waals surface area contributed by atoms with Crippen LogP contribution in [0.1, 0.15) is 28.8 Å². The van der Waals surface area contributed by atoms with E-state index in [1.807, 2.05) is 6.92 Å². The van der Waals surface area contributed by atoms with E-state index in [9.17, 15) is 18.4 Å². The van der Waals surface area contributed by atoms with Crippen molar-refractivity contribution in [2.75, 3.05) is 6.61 Å². The monoisotopic (exact) mass is 491 g/mol. The van der Waals surface area contributed by atoms with Crippen LogP contribution >= 0.6 is 11.3 Å². The highest BCUT2D eigenvalue weighted by molar-refractivity contribution is 7.11. The van der Waals surface area contributed by atoms with Crippen molar-refractivity contribution in [1.29, 1.82) is 0 Å². The number of imidazole rings is 1. The number of benzene rings is 1. The van der Waals surface area contributed by atoms with E-state index in [4.69, 9.17) is 9.84 Å². The van der Waals surface area contributed by atoms with Crippen molar-refractivity contribution in [3.8, 4) is 11.8 Å². The van der Waals surface area contributed by atoms with E-state index in [0.29, 0.717) is 5.01 Å². The number of fused-ring (bicyclic) bond motifs is 1. The predicted octanol–water partition coefficient (Wildman–Crippen LogP) is 3.00. The van der Waals surface area contributed by atoms with E-state index >= 15 is 0 Å². The summed E-state index contributed by atoms with van der Waals surface area (Å²) >= 11 is 1.42. The molecule has 0 bridgehead atoms. The van der Waals surface area contributed by atoms with Crippen molar-refractivity contribution in [2.24, 2.45) is 7.05 Å². The Kier molecular flexibility index (Phi) is 6.36. The number of alkyl halides is 2. The molecule has 0 radical (unpaired) electrons. The summed E-state index contributed by atoms with van der Waals surface area (Å²) in [5.41, 5.74) is -1.20. The Morgan fingerprint density at radius 1 is 1.24 bits per heavy atom. The van der Waals surface area contributed by atoms with Crippen molar-refractivity contribution in [2.45, 2.75) is 39.3 Å². The van der Waals surface area contributed by atoms with Crippen LogP contribution in [0.15, 0.2) is 40.1 Å². The highest BCUT2D eigenvalue weighted by atomic mass is 32.1. The molecule has 4 aromatic rings. The largest absolute Gasteiger partial charge is 0.425 e. The zero-order chi connectivity index (χ0) is 24.6. The van der Waals surface area contributed by atoms with Gasteiger partial charge in [-0.1, -0.05) is 12.1 Å². The normalized spacial score (nSPS) is 11.9. The molecule has 4 rings (SSSR count). The number of aromatic nitrogens is 5. The number of halogens is 2. The molecular formula is C22H23F2N5O4S. The van der Waals surface area contributed by atoms with Crippen molar-refractivity contribution in [1.82, 2.24) is 23.7 Å². The summed E-state index contributed by atoms with van der Waals surface area (Å²) < 4.78 is 37.3. The van der Waals surface area contributed by atoms with E-state index in [1.165, 1.54) is 51.8 Å². The van der Waals surface area contributed by atoms with Gasteiger partial charge in [0.15, 0.2) is 11.2 Å². The Labute approximate surface area is 196 Å². The van der Waals surface area contributed by atoms with Crippen LogP contribution in [0.3, 0.4) is 0 Å². The standard InChI is InChI=1S/C22H23F2N5O4S/c1-13-11-25-16(34-13)12-29-17-18(27(3)21(32)28(19(17)31)8-5-9-30)26-20(29)33-15-7-4-6-14(10-15)22(2,23)24/h4,6-7,10-11,30H,5,8-9,12H2,1-3H3. The fourth-order valence-electron chi connectivity index (χ4n) is 3.55. The first-order chi connectivity index (χ1) is 16.1. The second kappa shape index (κ2) is 9.11. The van der Waals surface area contributed by atoms with Crippen LogP contribution < -0.4 is 16.0 Å². The van der Waals surface area contributed by atoms with Gasteiger partial charge < -0.3 is 9.84 Å². The SMILES string of the molecule is Cc1cnc(Cn2c(Oc3cccc(C(C)(F)F)c3)nc3c2c(=O)n(CCCO)c(=O)n3C)s1. The molecule has 0 unspecified atom stereocenters. The number of aryl methyl sites for hydroxylation is 2. The minimum atomic E-state index is -3.07. The van der Waals surface area contributed by atoms with E-state index in [2.05, 4.69) is 9.97 Å². The molecule has 0 aliphatic rings. The van der Waals surface area contributed by atoms with Crippen molar-refractivity contribution in [3.05, 3.63) is 66.7 Å². The van der Waals surface area contributed by atoms with Gasteiger partial charge in [0.1, 0.15) is 10.8 Å². The van der Waals surface area contributed by atoms with Gasteiger partial charge in [-0.15, -0.1) is 11.3 Å². The van der Waals surface area contributed by atoms with Crippen molar-refractivity contribution in [3.63, 3.8) is 0 Å². The molecule has 1 N–H and O–H groups in total. The number of rotatable bonds is 8. The fraction of sp³-hybridized carbons (Fsp3) is 0.364. The molecule has 0 aliphatic carbocycles. The molecule has 0 aliphatic heterocycles. The van der Waals surface area contributed by atoms with Crippen molar-refractivity contribution >= 4 is 22.5 Å². The highest BCUT2D eigenvalue weighted by Crippen LogP contribution is 2.32. The summed E-state index contributed by atoms with van der Waals surface area (Å²) in [6.07, 6.45) is 1.92. The number of aliphatic hydroxyl groups is 1. The van der Waals surface area contributed by atoms with E-state index in [0.717, 1.165) is 16.4 Å². The molecule has 12 heteroatoms. The lowest BCUT2D eigenvalue weighted by Gasteiger charge is -2.13. The lowest BCUT2D eigenvalue weighted by atomic mass is 10.1. The topological polar surface area (TPSA) is 104 Å². The molecule has 0 atom stereocenters. The smallest absolute Gasteiger partial charge is 0.332 e. The molecule has 0 amide bonds. The van der Waals surface area contributed by atoms with Gasteiger partial charge in [0.25, 0.3) is 11.5 Å². The third kappa shape index (κ3) is 4.50. The van der Waals surface area contributed by atoms with Gasteiger partial charge in [-0.05, 0) is 25.5 Å². The maximum absolute atomic E-state index is 13.8. The Bertz CT molecular complexity index is 1460. The number of ether oxygens (including phenoxy) is 1. The quantitative estimate of drug-likeness (QED) is 0.406. The maximum atomic E-state index is 13.8. The van der Waals surface area contributed by atoms with Gasteiger partial charge in [0.05, 0.1) is 6.54 Å². The first-order valence-electron chi connectivity index (χ1n) is 10.5. The summed E-state index contributed by atoms with van der Waals surface area (Å²) in [4.78, 5) is 35.8. The first kappa shape index (κ1) is 23.8. The lowest BCUT2D eigenvalue weighted by Crippen LogP contribution is -2.39. The van der Waals surface area contributed by atoms with Gasteiger partial charge >= 0.3 is 11.7 Å². The van der Waals surface area contributed by atoms with Crippen molar-refractivity contribution < 1.29 is 18.6 Å². The minimum absolute atomic E-state index is 0.0311. The van der Waals surface area contributed by atoms with Gasteiger partial charge in [-0.2, -0.15) is 4.98 Å². The second-order valence-corrected chi connectivity index (χ2v) is 9.23. The van der Waals surface area contributed by atoms with Crippen LogP contribution in [0.25, 0.3) is 11.2 Å². The molecular weight excluding hydrogens is 468 g/mol. The van der Waals surface area contributed by atoms with Crippen LogP contribution in [-0.2, 0) is 26.1 Å². The van der Waals surface area contributed by atoms with Crippen LogP contribution in [0.2, 0.25) is 0 Å². The van der Waals surface area contributed by atoms with Crippen LogP contribution in [0, 0.1) is 6.92 Å². The highest BCUT2D eigenvalue weighted by Gasteiger charge is 2.26. The van der Waals surface area contributed by atoms with Gasteiger partial charge in [-0.3, -0.25) is 18.5 Å². The van der Waals surface area contributed by atoms with Gasteiger partial charge in [-0.25, -0.2) is 18.6 Å². The van der Waals surface area contributed by atoms with E-state index < -0.39 is 17.2 Å². The maximum Gasteiger partial charge on any atom is 0.332 e. The zero-order valence-corrected chi connectivity index (χ0v) is 19.6. The number of nitrogens with zero attached hydrogens (tertiary/aromatic N) is 5. The van der Waals surface area contributed by atoms with E-state index in [-0.39, 0.29) is 54.6 Å². The molecule has 9 nitrogen and oxygen atoms in total. The Balaban J connectivity index is 1.91. The summed E-state index contributed by atoms with van der Waals surface area (Å²) in [7, 11) is 1.48. The molecule has 0 saturated carbocycles. The molecule has 34 heavy (non-hydrogen) atoms. The lowest BCUT2D eigenvalue weighted by molar-refractivity contribution is 0.0173. The molecule has 3 heterocycles. The number of hydrogen-bond acceptors (Lipinski definition) is 7. The Hall–Kier alpha value is -3.38. The van der Waals surface area contributed by atoms with Gasteiger partial charge in [0, 0.05) is 43.8 Å². The second-order valence-electron chi connectivity index (χ2n) is 7.91. The minimum Gasteiger partial charge on any atom is -0.425 e. The zero-order valence-electron chi connectivity index (χ0n) is 18.8. The van der Waals surface area contributed by atoms with Crippen LogP contribution in [0.5, 0.6) is 11.8 Å². The first-order valence-corrected chi connectivity index (χ1v) is 11.3. The summed E-state index contributed by atoms with van der Waals surface area (Å²) in [6, 6.07) is 5.40.